The van der Waals surface area contributed by atoms with E-state index < -0.39 is 22.7 Å². The number of urea groups is 1. The summed E-state index contributed by atoms with van der Waals surface area (Å²) in [6.07, 6.45) is 4.56. The Hall–Kier alpha value is -3.53. The van der Waals surface area contributed by atoms with Crippen LogP contribution in [0.1, 0.15) is 10.5 Å². The van der Waals surface area contributed by atoms with Crippen LogP contribution in [0.5, 0.6) is 0 Å². The Morgan fingerprint density at radius 3 is 2.19 bits per heavy atom. The van der Waals surface area contributed by atoms with Gasteiger partial charge in [-0.15, -0.1) is 0 Å². The minimum absolute atomic E-state index is 0.106. The summed E-state index contributed by atoms with van der Waals surface area (Å²) in [5.41, 5.74) is 10.9. The molecule has 0 saturated heterocycles. The fourth-order valence-electron chi connectivity index (χ4n) is 2.23. The average molecular weight is 370 g/mol. The van der Waals surface area contributed by atoms with Crippen molar-refractivity contribution >= 4 is 28.4 Å². The van der Waals surface area contributed by atoms with E-state index in [4.69, 9.17) is 11.5 Å². The lowest BCUT2D eigenvalue weighted by Crippen LogP contribution is -2.22. The van der Waals surface area contributed by atoms with Crippen LogP contribution >= 0.6 is 0 Å². The molecular formula is C16H14N6O3S. The van der Waals surface area contributed by atoms with Crippen molar-refractivity contribution in [2.75, 3.05) is 5.32 Å². The number of benzene rings is 1. The first-order valence-electron chi connectivity index (χ1n) is 7.34. The third kappa shape index (κ3) is 3.59. The highest BCUT2D eigenvalue weighted by Crippen LogP contribution is 2.20. The maximum atomic E-state index is 12.5. The zero-order chi connectivity index (χ0) is 18.7. The number of carbonyl (C=O) groups is 2. The van der Waals surface area contributed by atoms with Gasteiger partial charge in [0.05, 0.1) is 28.4 Å². The monoisotopic (exact) mass is 370 g/mol. The van der Waals surface area contributed by atoms with Crippen molar-refractivity contribution < 1.29 is 13.8 Å². The van der Waals surface area contributed by atoms with Crippen molar-refractivity contribution in [2.24, 2.45) is 11.5 Å². The molecule has 5 N–H and O–H groups in total. The Morgan fingerprint density at radius 1 is 1.00 bits per heavy atom. The van der Waals surface area contributed by atoms with Crippen LogP contribution in [0.25, 0.3) is 5.69 Å². The number of carbonyl (C=O) groups excluding carboxylic acids is 2. The number of pyridine rings is 1. The van der Waals surface area contributed by atoms with Crippen molar-refractivity contribution in [3.8, 4) is 5.69 Å². The Bertz CT molecular complexity index is 985. The molecule has 1 unspecified atom stereocenters. The molecule has 0 radical (unpaired) electrons. The van der Waals surface area contributed by atoms with Crippen LogP contribution in [-0.4, -0.2) is 30.9 Å². The third-order valence-corrected chi connectivity index (χ3v) is 4.79. The standard InChI is InChI=1S/C16H14N6O3S/c17-15(23)14-13(20-16(18)24)9-22(21-14)10-1-3-11(4-2-10)26(25)12-5-7-19-8-6-12/h1-9H,(H2,17,23)(H3,18,20,24). The summed E-state index contributed by atoms with van der Waals surface area (Å²) >= 11 is 0. The second kappa shape index (κ2) is 7.15. The van der Waals surface area contributed by atoms with Crippen molar-refractivity contribution in [3.05, 3.63) is 60.7 Å². The Balaban J connectivity index is 1.90. The number of hydrogen-bond donors (Lipinski definition) is 3. The predicted molar refractivity (Wildman–Crippen MR) is 94.2 cm³/mol. The Labute approximate surface area is 150 Å². The highest BCUT2D eigenvalue weighted by atomic mass is 32.2. The number of nitrogens with two attached hydrogens (primary N) is 2. The first-order chi connectivity index (χ1) is 12.5. The molecule has 0 aliphatic rings. The van der Waals surface area contributed by atoms with Crippen molar-refractivity contribution in [1.82, 2.24) is 14.8 Å². The molecule has 10 heteroatoms. The number of amides is 3. The van der Waals surface area contributed by atoms with E-state index in [1.54, 1.807) is 48.8 Å². The lowest BCUT2D eigenvalue weighted by atomic mass is 10.3. The topological polar surface area (TPSA) is 146 Å². The van der Waals surface area contributed by atoms with E-state index in [-0.39, 0.29) is 11.4 Å². The summed E-state index contributed by atoms with van der Waals surface area (Å²) in [7, 11) is -1.34. The summed E-state index contributed by atoms with van der Waals surface area (Å²) in [5.74, 6) is -0.803. The fourth-order valence-corrected chi connectivity index (χ4v) is 3.26. The van der Waals surface area contributed by atoms with Crippen molar-refractivity contribution in [2.45, 2.75) is 9.79 Å². The SMILES string of the molecule is NC(=O)Nc1cn(-c2ccc(S(=O)c3ccncc3)cc2)nc1C(N)=O. The van der Waals surface area contributed by atoms with Gasteiger partial charge in [-0.05, 0) is 36.4 Å². The molecule has 3 rings (SSSR count). The van der Waals surface area contributed by atoms with Crippen LogP contribution in [0.15, 0.2) is 64.8 Å². The van der Waals surface area contributed by atoms with Gasteiger partial charge in [-0.2, -0.15) is 5.10 Å². The molecule has 1 aromatic carbocycles. The van der Waals surface area contributed by atoms with Gasteiger partial charge in [0.15, 0.2) is 5.69 Å². The molecule has 0 fully saturated rings. The molecule has 0 saturated carbocycles. The smallest absolute Gasteiger partial charge is 0.316 e. The van der Waals surface area contributed by atoms with E-state index in [1.807, 2.05) is 0 Å². The molecule has 0 aliphatic heterocycles. The highest BCUT2D eigenvalue weighted by Gasteiger charge is 2.16. The van der Waals surface area contributed by atoms with Crippen LogP contribution in [0.2, 0.25) is 0 Å². The number of rotatable bonds is 5. The van der Waals surface area contributed by atoms with E-state index in [2.05, 4.69) is 15.4 Å². The lowest BCUT2D eigenvalue weighted by molar-refractivity contribution is 0.0996. The van der Waals surface area contributed by atoms with E-state index in [1.165, 1.54) is 10.9 Å². The Morgan fingerprint density at radius 2 is 1.62 bits per heavy atom. The molecule has 0 bridgehead atoms. The maximum Gasteiger partial charge on any atom is 0.316 e. The average Bonchev–Trinajstić information content (AvgIpc) is 3.05. The molecule has 2 heterocycles. The minimum atomic E-state index is -1.34. The zero-order valence-corrected chi connectivity index (χ0v) is 14.1. The molecule has 2 aromatic heterocycles. The summed E-state index contributed by atoms with van der Waals surface area (Å²) < 4.78 is 13.9. The van der Waals surface area contributed by atoms with Gasteiger partial charge in [-0.3, -0.25) is 9.78 Å². The molecule has 9 nitrogen and oxygen atoms in total. The van der Waals surface area contributed by atoms with Gasteiger partial charge in [-0.25, -0.2) is 13.7 Å². The second-order valence-electron chi connectivity index (χ2n) is 5.13. The van der Waals surface area contributed by atoms with E-state index in [9.17, 15) is 13.8 Å². The molecule has 0 spiro atoms. The number of aromatic nitrogens is 3. The van der Waals surface area contributed by atoms with Crippen LogP contribution in [-0.2, 0) is 10.8 Å². The normalized spacial score (nSPS) is 11.7. The van der Waals surface area contributed by atoms with E-state index in [0.29, 0.717) is 15.5 Å². The Kier molecular flexibility index (Phi) is 4.76. The number of nitrogens with zero attached hydrogens (tertiary/aromatic N) is 3. The van der Waals surface area contributed by atoms with Crippen molar-refractivity contribution in [3.63, 3.8) is 0 Å². The zero-order valence-electron chi connectivity index (χ0n) is 13.3. The maximum absolute atomic E-state index is 12.5. The molecule has 132 valence electrons. The van der Waals surface area contributed by atoms with Crippen LogP contribution < -0.4 is 16.8 Å². The molecule has 26 heavy (non-hydrogen) atoms. The molecular weight excluding hydrogens is 356 g/mol. The minimum Gasteiger partial charge on any atom is -0.364 e. The summed E-state index contributed by atoms with van der Waals surface area (Å²) in [6.45, 7) is 0. The number of primary amides is 2. The van der Waals surface area contributed by atoms with Crippen LogP contribution in [0, 0.1) is 0 Å². The summed E-state index contributed by atoms with van der Waals surface area (Å²) in [4.78, 5) is 27.6. The molecule has 0 aliphatic carbocycles. The number of nitrogens with one attached hydrogen (secondary N) is 1. The fraction of sp³-hybridized carbons (Fsp3) is 0. The summed E-state index contributed by atoms with van der Waals surface area (Å²) in [6, 6.07) is 9.24. The van der Waals surface area contributed by atoms with E-state index >= 15 is 0 Å². The second-order valence-corrected chi connectivity index (χ2v) is 6.62. The molecule has 3 aromatic rings. The molecule has 1 atom stereocenters. The van der Waals surface area contributed by atoms with Gasteiger partial charge in [0.1, 0.15) is 0 Å². The third-order valence-electron chi connectivity index (χ3n) is 3.38. The first-order valence-corrected chi connectivity index (χ1v) is 8.49. The highest BCUT2D eigenvalue weighted by molar-refractivity contribution is 7.85. The van der Waals surface area contributed by atoms with Crippen molar-refractivity contribution in [1.29, 1.82) is 0 Å². The number of hydrogen-bond acceptors (Lipinski definition) is 5. The molecule has 3 amide bonds. The van der Waals surface area contributed by atoms with E-state index in [0.717, 1.165) is 0 Å². The van der Waals surface area contributed by atoms with Crippen LogP contribution in [0.3, 0.4) is 0 Å². The summed E-state index contributed by atoms with van der Waals surface area (Å²) in [5, 5.41) is 6.35. The largest absolute Gasteiger partial charge is 0.364 e. The predicted octanol–water partition coefficient (Wildman–Crippen LogP) is 1.02. The van der Waals surface area contributed by atoms with Gasteiger partial charge < -0.3 is 16.8 Å². The van der Waals surface area contributed by atoms with Gasteiger partial charge in [0.25, 0.3) is 5.91 Å². The number of anilines is 1. The van der Waals surface area contributed by atoms with Gasteiger partial charge in [0.2, 0.25) is 0 Å². The van der Waals surface area contributed by atoms with Gasteiger partial charge in [-0.1, -0.05) is 0 Å². The quantitative estimate of drug-likeness (QED) is 0.614. The van der Waals surface area contributed by atoms with Crippen LogP contribution in [0.4, 0.5) is 10.5 Å². The first kappa shape index (κ1) is 17.3. The lowest BCUT2D eigenvalue weighted by Gasteiger charge is -2.04. The van der Waals surface area contributed by atoms with Gasteiger partial charge >= 0.3 is 6.03 Å². The van der Waals surface area contributed by atoms with Gasteiger partial charge in [0, 0.05) is 22.2 Å².